The van der Waals surface area contributed by atoms with Crippen molar-refractivity contribution in [1.82, 2.24) is 5.32 Å². The van der Waals surface area contributed by atoms with Crippen molar-refractivity contribution < 1.29 is 4.79 Å². The Kier molecular flexibility index (Phi) is 8.23. The molecule has 102 valence electrons. The Hall–Kier alpha value is -1.09. The molecule has 1 aromatic carbocycles. The molecule has 0 radical (unpaired) electrons. The Morgan fingerprint density at radius 3 is 2.58 bits per heavy atom. The molecule has 0 spiro atoms. The quantitative estimate of drug-likeness (QED) is 0.459. The molecule has 5 heteroatoms. The van der Waals surface area contributed by atoms with Crippen molar-refractivity contribution in [3.05, 3.63) is 35.4 Å². The van der Waals surface area contributed by atoms with Crippen LogP contribution >= 0.6 is 21.6 Å². The van der Waals surface area contributed by atoms with Crippen molar-refractivity contribution >= 4 is 27.5 Å². The van der Waals surface area contributed by atoms with E-state index >= 15 is 0 Å². The normalized spacial score (nSPS) is 9.58. The van der Waals surface area contributed by atoms with E-state index in [2.05, 4.69) is 17.2 Å². The van der Waals surface area contributed by atoms with Gasteiger partial charge in [0.1, 0.15) is 0 Å². The fourth-order valence-corrected chi connectivity index (χ4v) is 3.09. The van der Waals surface area contributed by atoms with Gasteiger partial charge < -0.3 is 11.1 Å². The van der Waals surface area contributed by atoms with Gasteiger partial charge in [-0.15, -0.1) is 5.92 Å². The predicted molar refractivity (Wildman–Crippen MR) is 85.3 cm³/mol. The number of nitrogens with two attached hydrogens (primary N) is 1. The third-order valence-corrected chi connectivity index (χ3v) is 4.61. The number of hydrogen-bond donors (Lipinski definition) is 2. The standard InChI is InChI=1S/C14H18N2OS2/c1-2-3-12-4-6-13(7-5-12)14(17)16-9-11-19-18-10-8-15/h4-7H,8-11,15H2,1H3,(H,16,17). The smallest absolute Gasteiger partial charge is 0.251 e. The molecule has 1 rings (SSSR count). The van der Waals surface area contributed by atoms with E-state index in [0.29, 0.717) is 18.7 Å². The minimum absolute atomic E-state index is 0.0413. The summed E-state index contributed by atoms with van der Waals surface area (Å²) in [5.74, 6) is 7.56. The van der Waals surface area contributed by atoms with Gasteiger partial charge in [0, 0.05) is 35.7 Å². The molecule has 19 heavy (non-hydrogen) atoms. The SMILES string of the molecule is CC#Cc1ccc(C(=O)NCCSSCCN)cc1. The lowest BCUT2D eigenvalue weighted by atomic mass is 10.1. The van der Waals surface area contributed by atoms with E-state index < -0.39 is 0 Å². The molecule has 3 N–H and O–H groups in total. The first-order valence-corrected chi connectivity index (χ1v) is 8.52. The van der Waals surface area contributed by atoms with Gasteiger partial charge in [-0.05, 0) is 31.2 Å². The highest BCUT2D eigenvalue weighted by Gasteiger charge is 2.03. The Morgan fingerprint density at radius 2 is 1.95 bits per heavy atom. The molecular weight excluding hydrogens is 276 g/mol. The Morgan fingerprint density at radius 1 is 1.26 bits per heavy atom. The molecule has 0 fully saturated rings. The lowest BCUT2D eigenvalue weighted by molar-refractivity contribution is 0.0956. The van der Waals surface area contributed by atoms with E-state index in [1.165, 1.54) is 0 Å². The lowest BCUT2D eigenvalue weighted by Crippen LogP contribution is -2.25. The summed E-state index contributed by atoms with van der Waals surface area (Å²) >= 11 is 0. The van der Waals surface area contributed by atoms with Crippen LogP contribution < -0.4 is 11.1 Å². The molecule has 0 unspecified atom stereocenters. The van der Waals surface area contributed by atoms with Crippen molar-refractivity contribution in [1.29, 1.82) is 0 Å². The zero-order chi connectivity index (χ0) is 13.9. The van der Waals surface area contributed by atoms with Crippen LogP contribution in [-0.4, -0.2) is 30.5 Å². The van der Waals surface area contributed by atoms with Crippen LogP contribution in [0.1, 0.15) is 22.8 Å². The van der Waals surface area contributed by atoms with E-state index in [4.69, 9.17) is 5.73 Å². The molecule has 3 nitrogen and oxygen atoms in total. The molecule has 0 heterocycles. The van der Waals surface area contributed by atoms with Gasteiger partial charge in [0.15, 0.2) is 0 Å². The maximum Gasteiger partial charge on any atom is 0.251 e. The van der Waals surface area contributed by atoms with Crippen LogP contribution in [0.15, 0.2) is 24.3 Å². The number of benzene rings is 1. The minimum Gasteiger partial charge on any atom is -0.351 e. The Balaban J connectivity index is 2.30. The topological polar surface area (TPSA) is 55.1 Å². The van der Waals surface area contributed by atoms with Crippen molar-refractivity contribution in [3.63, 3.8) is 0 Å². The molecule has 0 bridgehead atoms. The molecule has 0 aliphatic heterocycles. The molecule has 1 amide bonds. The summed E-state index contributed by atoms with van der Waals surface area (Å²) in [4.78, 5) is 11.8. The van der Waals surface area contributed by atoms with Gasteiger partial charge in [0.05, 0.1) is 0 Å². The molecule has 0 aromatic heterocycles. The van der Waals surface area contributed by atoms with Gasteiger partial charge in [0.25, 0.3) is 5.91 Å². The Labute approximate surface area is 122 Å². The number of hydrogen-bond acceptors (Lipinski definition) is 4. The summed E-state index contributed by atoms with van der Waals surface area (Å²) in [7, 11) is 3.46. The first-order valence-electron chi connectivity index (χ1n) is 6.03. The number of nitrogens with one attached hydrogen (secondary N) is 1. The van der Waals surface area contributed by atoms with Crippen molar-refractivity contribution in [2.75, 3.05) is 24.6 Å². The summed E-state index contributed by atoms with van der Waals surface area (Å²) in [6.07, 6.45) is 0. The van der Waals surface area contributed by atoms with Gasteiger partial charge in [0.2, 0.25) is 0 Å². The van der Waals surface area contributed by atoms with E-state index in [1.54, 1.807) is 40.6 Å². The van der Waals surface area contributed by atoms with E-state index in [1.807, 2.05) is 12.1 Å². The summed E-state index contributed by atoms with van der Waals surface area (Å²) in [5.41, 5.74) is 6.98. The number of carbonyl (C=O) groups is 1. The highest BCUT2D eigenvalue weighted by atomic mass is 33.1. The van der Waals surface area contributed by atoms with E-state index in [9.17, 15) is 4.79 Å². The van der Waals surface area contributed by atoms with Crippen LogP contribution in [0.5, 0.6) is 0 Å². The average Bonchev–Trinajstić information content (AvgIpc) is 2.43. The summed E-state index contributed by atoms with van der Waals surface area (Å²) in [5, 5.41) is 2.89. The Bertz CT molecular complexity index is 449. The van der Waals surface area contributed by atoms with Crippen LogP contribution in [0.4, 0.5) is 0 Å². The largest absolute Gasteiger partial charge is 0.351 e. The third kappa shape index (κ3) is 6.58. The third-order valence-electron chi connectivity index (χ3n) is 2.17. The van der Waals surface area contributed by atoms with Crippen molar-refractivity contribution in [2.24, 2.45) is 5.73 Å². The van der Waals surface area contributed by atoms with Crippen molar-refractivity contribution in [3.8, 4) is 11.8 Å². The second-order valence-electron chi connectivity index (χ2n) is 3.64. The average molecular weight is 294 g/mol. The summed E-state index contributed by atoms with van der Waals surface area (Å²) in [6, 6.07) is 7.31. The van der Waals surface area contributed by atoms with Gasteiger partial charge in [-0.1, -0.05) is 27.5 Å². The van der Waals surface area contributed by atoms with Crippen LogP contribution in [0.2, 0.25) is 0 Å². The molecule has 0 saturated carbocycles. The molecule has 0 atom stereocenters. The molecular formula is C14H18N2OS2. The van der Waals surface area contributed by atoms with Crippen LogP contribution in [0, 0.1) is 11.8 Å². The molecule has 0 aliphatic rings. The zero-order valence-corrected chi connectivity index (χ0v) is 12.6. The highest BCUT2D eigenvalue weighted by molar-refractivity contribution is 8.76. The maximum atomic E-state index is 11.8. The summed E-state index contributed by atoms with van der Waals surface area (Å²) < 4.78 is 0. The minimum atomic E-state index is -0.0413. The number of rotatable bonds is 7. The molecule has 0 saturated heterocycles. The number of amides is 1. The van der Waals surface area contributed by atoms with E-state index in [0.717, 1.165) is 17.1 Å². The maximum absolute atomic E-state index is 11.8. The first-order chi connectivity index (χ1) is 9.27. The second kappa shape index (κ2) is 9.79. The fraction of sp³-hybridized carbons (Fsp3) is 0.357. The van der Waals surface area contributed by atoms with Gasteiger partial charge >= 0.3 is 0 Å². The van der Waals surface area contributed by atoms with Crippen LogP contribution in [0.3, 0.4) is 0 Å². The summed E-state index contributed by atoms with van der Waals surface area (Å²) in [6.45, 7) is 3.15. The van der Waals surface area contributed by atoms with Gasteiger partial charge in [-0.3, -0.25) is 4.79 Å². The van der Waals surface area contributed by atoms with E-state index in [-0.39, 0.29) is 5.91 Å². The highest BCUT2D eigenvalue weighted by Crippen LogP contribution is 2.18. The predicted octanol–water partition coefficient (Wildman–Crippen LogP) is 2.13. The molecule has 1 aromatic rings. The molecule has 0 aliphatic carbocycles. The second-order valence-corrected chi connectivity index (χ2v) is 6.34. The van der Waals surface area contributed by atoms with Crippen LogP contribution in [0.25, 0.3) is 0 Å². The lowest BCUT2D eigenvalue weighted by Gasteiger charge is -2.04. The first kappa shape index (κ1) is 16.0. The monoisotopic (exact) mass is 294 g/mol. The van der Waals surface area contributed by atoms with Gasteiger partial charge in [-0.25, -0.2) is 0 Å². The number of carbonyl (C=O) groups excluding carboxylic acids is 1. The van der Waals surface area contributed by atoms with Crippen LogP contribution in [-0.2, 0) is 0 Å². The van der Waals surface area contributed by atoms with Gasteiger partial charge in [-0.2, -0.15) is 0 Å². The van der Waals surface area contributed by atoms with Crippen molar-refractivity contribution in [2.45, 2.75) is 6.92 Å². The zero-order valence-electron chi connectivity index (χ0n) is 10.9. The fourth-order valence-electron chi connectivity index (χ4n) is 1.32.